The predicted octanol–water partition coefficient (Wildman–Crippen LogP) is -1.06. The van der Waals surface area contributed by atoms with Gasteiger partial charge >= 0.3 is 19.1 Å². The number of amides is 3. The summed E-state index contributed by atoms with van der Waals surface area (Å²) < 4.78 is 5.39. The first-order valence-electron chi connectivity index (χ1n) is 8.03. The number of fused-ring (bicyclic) bond motifs is 2. The zero-order valence-corrected chi connectivity index (χ0v) is 13.2. The highest BCUT2D eigenvalue weighted by atomic mass is 16.5. The lowest BCUT2D eigenvalue weighted by atomic mass is 9.71. The standard InChI is InChI=1S/C15H16BN3O6/c20-13-10-7-17-4-5-18(10)15(23)19(13)11-6-8-2-1-3-9(14(21)22)12(8)25-16(11)24/h1-3,10-11,17,24H,4-7H2,(H,21,22)/t10?,11-/m0/s1. The summed E-state index contributed by atoms with van der Waals surface area (Å²) in [6, 6.07) is 3.61. The number of hydrogen-bond donors (Lipinski definition) is 3. The van der Waals surface area contributed by atoms with E-state index in [1.54, 1.807) is 12.1 Å². The van der Waals surface area contributed by atoms with E-state index < -0.39 is 31.1 Å². The number of nitrogens with zero attached hydrogens (tertiary/aromatic N) is 2. The normalized spacial score (nSPS) is 25.6. The van der Waals surface area contributed by atoms with E-state index in [1.807, 2.05) is 0 Å². The molecule has 2 fully saturated rings. The van der Waals surface area contributed by atoms with Gasteiger partial charge in [0, 0.05) is 19.6 Å². The van der Waals surface area contributed by atoms with Crippen LogP contribution in [0.3, 0.4) is 0 Å². The zero-order valence-electron chi connectivity index (χ0n) is 13.2. The number of carbonyl (C=O) groups excluding carboxylic acids is 2. The molecule has 0 bridgehead atoms. The van der Waals surface area contributed by atoms with Gasteiger partial charge in [-0.05, 0) is 18.1 Å². The van der Waals surface area contributed by atoms with E-state index >= 15 is 0 Å². The third-order valence-corrected chi connectivity index (χ3v) is 4.87. The van der Waals surface area contributed by atoms with Crippen molar-refractivity contribution >= 4 is 25.0 Å². The number of nitrogens with one attached hydrogen (secondary N) is 1. The number of aromatic carboxylic acids is 1. The Morgan fingerprint density at radius 3 is 2.88 bits per heavy atom. The highest BCUT2D eigenvalue weighted by molar-refractivity contribution is 6.47. The fourth-order valence-electron chi connectivity index (χ4n) is 3.65. The molecule has 3 amide bonds. The quantitative estimate of drug-likeness (QED) is 0.462. The van der Waals surface area contributed by atoms with E-state index in [-0.39, 0.29) is 23.6 Å². The monoisotopic (exact) mass is 345 g/mol. The van der Waals surface area contributed by atoms with Crippen LogP contribution in [0, 0.1) is 0 Å². The van der Waals surface area contributed by atoms with Crippen LogP contribution in [-0.2, 0) is 11.2 Å². The molecule has 0 aliphatic carbocycles. The van der Waals surface area contributed by atoms with Gasteiger partial charge < -0.3 is 25.0 Å². The highest BCUT2D eigenvalue weighted by Gasteiger charge is 2.53. The minimum Gasteiger partial charge on any atom is -0.534 e. The number of rotatable bonds is 2. The topological polar surface area (TPSA) is 119 Å². The van der Waals surface area contributed by atoms with Gasteiger partial charge in [0.15, 0.2) is 0 Å². The van der Waals surface area contributed by atoms with Crippen molar-refractivity contribution in [3.8, 4) is 5.75 Å². The average Bonchev–Trinajstić information content (AvgIpc) is 2.85. The molecule has 130 valence electrons. The second-order valence-corrected chi connectivity index (χ2v) is 6.28. The molecule has 0 aromatic heterocycles. The summed E-state index contributed by atoms with van der Waals surface area (Å²) in [6.45, 7) is 1.41. The Morgan fingerprint density at radius 2 is 2.16 bits per heavy atom. The van der Waals surface area contributed by atoms with Gasteiger partial charge in [0.05, 0.1) is 11.5 Å². The Kier molecular flexibility index (Phi) is 3.66. The van der Waals surface area contributed by atoms with Crippen molar-refractivity contribution in [2.75, 3.05) is 19.6 Å². The number of urea groups is 1. The number of carboxylic acid groups (broad SMARTS) is 1. The van der Waals surface area contributed by atoms with Crippen LogP contribution in [0.4, 0.5) is 4.79 Å². The smallest absolute Gasteiger partial charge is 0.534 e. The maximum absolute atomic E-state index is 12.6. The molecule has 0 spiro atoms. The summed E-state index contributed by atoms with van der Waals surface area (Å²) in [7, 11) is -1.48. The fraction of sp³-hybridized carbons (Fsp3) is 0.400. The molecular formula is C15H16BN3O6. The van der Waals surface area contributed by atoms with Gasteiger partial charge in [0.1, 0.15) is 11.8 Å². The molecule has 3 aliphatic heterocycles. The minimum absolute atomic E-state index is 0.0595. The van der Waals surface area contributed by atoms with E-state index in [1.165, 1.54) is 11.0 Å². The molecule has 10 heteroatoms. The van der Waals surface area contributed by atoms with E-state index in [0.29, 0.717) is 25.2 Å². The van der Waals surface area contributed by atoms with Crippen molar-refractivity contribution in [3.05, 3.63) is 29.3 Å². The SMILES string of the molecule is O=C(O)c1cccc2c1OB(O)[C@@H](N1C(=O)C3CNCCN3C1=O)C2. The summed E-state index contributed by atoms with van der Waals surface area (Å²) in [5.74, 6) is -2.35. The molecule has 2 atom stereocenters. The first kappa shape index (κ1) is 15.9. The van der Waals surface area contributed by atoms with Crippen LogP contribution in [-0.4, -0.2) is 76.6 Å². The lowest BCUT2D eigenvalue weighted by molar-refractivity contribution is -0.129. The van der Waals surface area contributed by atoms with E-state index in [0.717, 1.165) is 4.90 Å². The van der Waals surface area contributed by atoms with Crippen LogP contribution in [0.2, 0.25) is 0 Å². The van der Waals surface area contributed by atoms with Gasteiger partial charge in [-0.25, -0.2) is 9.59 Å². The number of carbonyl (C=O) groups is 3. The van der Waals surface area contributed by atoms with Crippen LogP contribution in [0.1, 0.15) is 15.9 Å². The highest BCUT2D eigenvalue weighted by Crippen LogP contribution is 2.33. The van der Waals surface area contributed by atoms with Crippen molar-refractivity contribution in [2.24, 2.45) is 0 Å². The largest absolute Gasteiger partial charge is 0.547 e. The van der Waals surface area contributed by atoms with Crippen molar-refractivity contribution in [1.82, 2.24) is 15.1 Å². The Bertz CT molecular complexity index is 748. The van der Waals surface area contributed by atoms with E-state index in [9.17, 15) is 24.5 Å². The molecular weight excluding hydrogens is 329 g/mol. The van der Waals surface area contributed by atoms with Gasteiger partial charge in [-0.3, -0.25) is 9.69 Å². The summed E-state index contributed by atoms with van der Waals surface area (Å²) in [5.41, 5.74) is 0.481. The first-order valence-corrected chi connectivity index (χ1v) is 8.03. The zero-order chi connectivity index (χ0) is 17.7. The summed E-state index contributed by atoms with van der Waals surface area (Å²) >= 11 is 0. The third-order valence-electron chi connectivity index (χ3n) is 4.87. The molecule has 25 heavy (non-hydrogen) atoms. The molecule has 1 aromatic rings. The lowest BCUT2D eigenvalue weighted by Gasteiger charge is -2.32. The molecule has 0 saturated carbocycles. The number of para-hydroxylation sites is 1. The molecule has 4 rings (SSSR count). The Hall–Kier alpha value is -2.59. The minimum atomic E-state index is -1.48. The molecule has 3 heterocycles. The van der Waals surface area contributed by atoms with Gasteiger partial charge in [-0.2, -0.15) is 0 Å². The molecule has 0 radical (unpaired) electrons. The van der Waals surface area contributed by atoms with Gasteiger partial charge in [0.2, 0.25) is 0 Å². The first-order chi connectivity index (χ1) is 12.0. The molecule has 2 saturated heterocycles. The Morgan fingerprint density at radius 1 is 1.36 bits per heavy atom. The number of imide groups is 1. The van der Waals surface area contributed by atoms with Crippen LogP contribution >= 0.6 is 0 Å². The van der Waals surface area contributed by atoms with E-state index in [2.05, 4.69) is 5.32 Å². The number of benzene rings is 1. The van der Waals surface area contributed by atoms with Crippen LogP contribution in [0.5, 0.6) is 5.75 Å². The van der Waals surface area contributed by atoms with E-state index in [4.69, 9.17) is 4.65 Å². The fourth-order valence-corrected chi connectivity index (χ4v) is 3.65. The second kappa shape index (κ2) is 5.75. The van der Waals surface area contributed by atoms with Gasteiger partial charge in [-0.15, -0.1) is 0 Å². The van der Waals surface area contributed by atoms with Crippen molar-refractivity contribution in [1.29, 1.82) is 0 Å². The molecule has 3 aliphatic rings. The molecule has 1 aromatic carbocycles. The Balaban J connectivity index is 1.66. The molecule has 9 nitrogen and oxygen atoms in total. The number of hydrogen-bond acceptors (Lipinski definition) is 6. The van der Waals surface area contributed by atoms with Crippen LogP contribution in [0.25, 0.3) is 0 Å². The van der Waals surface area contributed by atoms with Crippen LogP contribution < -0.4 is 9.97 Å². The van der Waals surface area contributed by atoms with Crippen molar-refractivity contribution in [2.45, 2.75) is 18.4 Å². The molecule has 3 N–H and O–H groups in total. The summed E-state index contributed by atoms with van der Waals surface area (Å²) in [6.07, 6.45) is 0.142. The van der Waals surface area contributed by atoms with Crippen molar-refractivity contribution < 1.29 is 29.2 Å². The number of carboxylic acids is 1. The third kappa shape index (κ3) is 2.37. The van der Waals surface area contributed by atoms with Gasteiger partial charge in [-0.1, -0.05) is 12.1 Å². The summed E-state index contributed by atoms with van der Waals surface area (Å²) in [4.78, 5) is 39.1. The number of piperazine rings is 1. The average molecular weight is 345 g/mol. The van der Waals surface area contributed by atoms with Crippen molar-refractivity contribution in [3.63, 3.8) is 0 Å². The maximum Gasteiger partial charge on any atom is 0.547 e. The predicted molar refractivity (Wildman–Crippen MR) is 85.1 cm³/mol. The lowest BCUT2D eigenvalue weighted by Crippen LogP contribution is -2.56. The Labute approximate surface area is 143 Å². The maximum atomic E-state index is 12.6. The van der Waals surface area contributed by atoms with Crippen LogP contribution in [0.15, 0.2) is 18.2 Å². The van der Waals surface area contributed by atoms with Gasteiger partial charge in [0.25, 0.3) is 5.91 Å². The molecule has 1 unspecified atom stereocenters. The second-order valence-electron chi connectivity index (χ2n) is 6.28. The summed E-state index contributed by atoms with van der Waals surface area (Å²) in [5, 5.41) is 22.7.